The lowest BCUT2D eigenvalue weighted by atomic mass is 9.81. The Hall–Kier alpha value is -3.10. The van der Waals surface area contributed by atoms with E-state index in [9.17, 15) is 14.0 Å². The highest BCUT2D eigenvalue weighted by atomic mass is 19.1. The zero-order valence-corrected chi connectivity index (χ0v) is 19.4. The quantitative estimate of drug-likeness (QED) is 0.731. The van der Waals surface area contributed by atoms with Crippen molar-refractivity contribution in [2.24, 2.45) is 5.73 Å². The van der Waals surface area contributed by atoms with Crippen molar-refractivity contribution in [3.63, 3.8) is 0 Å². The number of benzene rings is 1. The molecule has 0 bridgehead atoms. The topological polar surface area (TPSA) is 116 Å². The number of hydrogen-bond acceptors (Lipinski definition) is 5. The first kappa shape index (κ1) is 23.1. The van der Waals surface area contributed by atoms with Gasteiger partial charge in [-0.05, 0) is 76.1 Å². The molecule has 1 aliphatic carbocycles. The summed E-state index contributed by atoms with van der Waals surface area (Å²) >= 11 is 0. The number of ether oxygens (including phenoxy) is 1. The van der Waals surface area contributed by atoms with Crippen molar-refractivity contribution in [1.82, 2.24) is 14.7 Å². The Bertz CT molecular complexity index is 1070. The summed E-state index contributed by atoms with van der Waals surface area (Å²) in [5, 5.41) is 4.78. The van der Waals surface area contributed by atoms with Crippen LogP contribution in [0.15, 0.2) is 18.2 Å². The maximum absolute atomic E-state index is 13.6. The van der Waals surface area contributed by atoms with Crippen LogP contribution in [0.3, 0.4) is 0 Å². The van der Waals surface area contributed by atoms with E-state index >= 15 is 0 Å². The molecule has 4 N–H and O–H groups in total. The predicted molar refractivity (Wildman–Crippen MR) is 122 cm³/mol. The van der Waals surface area contributed by atoms with Crippen molar-refractivity contribution in [2.45, 2.75) is 70.4 Å². The van der Waals surface area contributed by atoms with Gasteiger partial charge in [-0.3, -0.25) is 4.79 Å². The molecule has 1 saturated heterocycles. The Kier molecular flexibility index (Phi) is 6.07. The number of carbonyl (C=O) groups is 2. The summed E-state index contributed by atoms with van der Waals surface area (Å²) in [5.41, 5.74) is 14.4. The van der Waals surface area contributed by atoms with E-state index in [1.165, 1.54) is 6.07 Å². The van der Waals surface area contributed by atoms with Crippen LogP contribution in [0.1, 0.15) is 79.2 Å². The standard InChI is InChI=1S/C24H32FN5O3/c1-24(2,3)33-23(32)29-10-4-5-18(13-29)30-21(26)19(22(27)31)20(28-30)16-7-6-15-12-17(25)9-8-14(15)11-16/h8-9,12,16,18H,4-7,10-11,13,26H2,1-3H3,(H2,27,31)/t16?,18-/m1/s1. The van der Waals surface area contributed by atoms with Gasteiger partial charge in [-0.25, -0.2) is 13.9 Å². The molecule has 0 spiro atoms. The minimum absolute atomic E-state index is 0.0421. The van der Waals surface area contributed by atoms with E-state index in [0.29, 0.717) is 31.6 Å². The van der Waals surface area contributed by atoms with E-state index in [2.05, 4.69) is 0 Å². The van der Waals surface area contributed by atoms with Crippen LogP contribution in [0, 0.1) is 5.82 Å². The van der Waals surface area contributed by atoms with E-state index in [0.717, 1.165) is 30.4 Å². The SMILES string of the molecule is CC(C)(C)OC(=O)N1CCC[C@@H](n2nc(C3CCc4cc(F)ccc4C3)c(C(N)=O)c2N)C1. The minimum atomic E-state index is -0.613. The summed E-state index contributed by atoms with van der Waals surface area (Å²) in [5.74, 6) is -0.665. The fourth-order valence-electron chi connectivity index (χ4n) is 4.89. The number of piperidine rings is 1. The van der Waals surface area contributed by atoms with Gasteiger partial charge >= 0.3 is 6.09 Å². The van der Waals surface area contributed by atoms with Crippen LogP contribution in [0.25, 0.3) is 0 Å². The first-order valence-electron chi connectivity index (χ1n) is 11.5. The van der Waals surface area contributed by atoms with Gasteiger partial charge < -0.3 is 21.1 Å². The molecule has 0 radical (unpaired) electrons. The second-order valence-corrected chi connectivity index (χ2v) is 10.0. The lowest BCUT2D eigenvalue weighted by molar-refractivity contribution is 0.0168. The maximum atomic E-state index is 13.6. The van der Waals surface area contributed by atoms with Gasteiger partial charge in [-0.2, -0.15) is 5.10 Å². The molecule has 1 aliphatic heterocycles. The Balaban J connectivity index is 1.60. The summed E-state index contributed by atoms with van der Waals surface area (Å²) in [4.78, 5) is 26.6. The van der Waals surface area contributed by atoms with Crippen molar-refractivity contribution in [3.8, 4) is 0 Å². The largest absolute Gasteiger partial charge is 0.444 e. The molecule has 4 rings (SSSR count). The maximum Gasteiger partial charge on any atom is 0.410 e. The molecular formula is C24H32FN5O3. The minimum Gasteiger partial charge on any atom is -0.444 e. The zero-order valence-electron chi connectivity index (χ0n) is 19.4. The van der Waals surface area contributed by atoms with Gasteiger partial charge in [0.1, 0.15) is 22.8 Å². The van der Waals surface area contributed by atoms with E-state index in [1.54, 1.807) is 21.7 Å². The number of hydrogen-bond donors (Lipinski definition) is 2. The van der Waals surface area contributed by atoms with Crippen molar-refractivity contribution in [2.75, 3.05) is 18.8 Å². The number of likely N-dealkylation sites (tertiary alicyclic amines) is 1. The number of aryl methyl sites for hydroxylation is 1. The van der Waals surface area contributed by atoms with Gasteiger partial charge in [0.2, 0.25) is 0 Å². The van der Waals surface area contributed by atoms with Crippen LogP contribution in [-0.2, 0) is 17.6 Å². The fourth-order valence-corrected chi connectivity index (χ4v) is 4.89. The number of anilines is 1. The average molecular weight is 458 g/mol. The van der Waals surface area contributed by atoms with Crippen LogP contribution < -0.4 is 11.5 Å². The van der Waals surface area contributed by atoms with Crippen LogP contribution in [0.5, 0.6) is 0 Å². The first-order chi connectivity index (χ1) is 15.5. The van der Waals surface area contributed by atoms with Crippen molar-refractivity contribution < 1.29 is 18.7 Å². The van der Waals surface area contributed by atoms with Crippen LogP contribution in [0.4, 0.5) is 15.0 Å². The predicted octanol–water partition coefficient (Wildman–Crippen LogP) is 3.55. The smallest absolute Gasteiger partial charge is 0.410 e. The first-order valence-corrected chi connectivity index (χ1v) is 11.5. The van der Waals surface area contributed by atoms with E-state index in [1.807, 2.05) is 20.8 Å². The third kappa shape index (κ3) is 4.82. The summed E-state index contributed by atoms with van der Waals surface area (Å²) in [7, 11) is 0. The Labute approximate surface area is 193 Å². The number of nitrogens with two attached hydrogens (primary N) is 2. The van der Waals surface area contributed by atoms with Crippen LogP contribution in [0.2, 0.25) is 0 Å². The van der Waals surface area contributed by atoms with Gasteiger partial charge in [0.05, 0.1) is 11.7 Å². The van der Waals surface area contributed by atoms with Crippen LogP contribution >= 0.6 is 0 Å². The van der Waals surface area contributed by atoms with Crippen LogP contribution in [-0.4, -0.2) is 45.4 Å². The lowest BCUT2D eigenvalue weighted by Gasteiger charge is -2.34. The van der Waals surface area contributed by atoms with Crippen molar-refractivity contribution in [1.29, 1.82) is 0 Å². The highest BCUT2D eigenvalue weighted by molar-refractivity contribution is 5.98. The number of halogens is 1. The summed E-state index contributed by atoms with van der Waals surface area (Å²) < 4.78 is 20.8. The van der Waals surface area contributed by atoms with E-state index < -0.39 is 11.5 Å². The molecule has 1 unspecified atom stereocenters. The molecule has 1 aromatic heterocycles. The molecular weight excluding hydrogens is 425 g/mol. The molecule has 1 aromatic carbocycles. The second kappa shape index (κ2) is 8.68. The number of rotatable bonds is 3. The molecule has 0 saturated carbocycles. The lowest BCUT2D eigenvalue weighted by Crippen LogP contribution is -2.43. The normalized spacial score (nSPS) is 20.9. The number of carbonyl (C=O) groups excluding carboxylic acids is 2. The number of nitrogens with zero attached hydrogens (tertiary/aromatic N) is 3. The molecule has 2 aromatic rings. The van der Waals surface area contributed by atoms with Crippen molar-refractivity contribution in [3.05, 3.63) is 46.4 Å². The molecule has 9 heteroatoms. The highest BCUT2D eigenvalue weighted by Crippen LogP contribution is 2.37. The summed E-state index contributed by atoms with van der Waals surface area (Å²) in [6, 6.07) is 4.64. The molecule has 178 valence electrons. The Morgan fingerprint density at radius 2 is 1.97 bits per heavy atom. The average Bonchev–Trinajstić information content (AvgIpc) is 3.09. The van der Waals surface area contributed by atoms with Gasteiger partial charge in [0, 0.05) is 19.0 Å². The Morgan fingerprint density at radius 3 is 2.67 bits per heavy atom. The third-order valence-corrected chi connectivity index (χ3v) is 6.40. The molecule has 1 fully saturated rings. The van der Waals surface area contributed by atoms with E-state index in [4.69, 9.17) is 21.3 Å². The fraction of sp³-hybridized carbons (Fsp3) is 0.542. The molecule has 2 heterocycles. The highest BCUT2D eigenvalue weighted by Gasteiger charge is 2.34. The molecule has 2 atom stereocenters. The number of amides is 2. The molecule has 8 nitrogen and oxygen atoms in total. The van der Waals surface area contributed by atoms with Gasteiger partial charge in [0.15, 0.2) is 0 Å². The third-order valence-electron chi connectivity index (χ3n) is 6.40. The van der Waals surface area contributed by atoms with Gasteiger partial charge in [-0.15, -0.1) is 0 Å². The zero-order chi connectivity index (χ0) is 23.9. The van der Waals surface area contributed by atoms with Gasteiger partial charge in [-0.1, -0.05) is 6.07 Å². The van der Waals surface area contributed by atoms with Gasteiger partial charge in [0.25, 0.3) is 5.91 Å². The second-order valence-electron chi connectivity index (χ2n) is 10.0. The number of aromatic nitrogens is 2. The number of primary amides is 1. The molecule has 2 aliphatic rings. The Morgan fingerprint density at radius 1 is 1.21 bits per heavy atom. The van der Waals surface area contributed by atoms with Crippen molar-refractivity contribution >= 4 is 17.8 Å². The number of nitrogen functional groups attached to an aromatic ring is 1. The summed E-state index contributed by atoms with van der Waals surface area (Å²) in [6.07, 6.45) is 3.23. The van der Waals surface area contributed by atoms with E-state index in [-0.39, 0.29) is 35.3 Å². The molecule has 2 amide bonds. The summed E-state index contributed by atoms with van der Waals surface area (Å²) in [6.45, 7) is 6.49. The number of fused-ring (bicyclic) bond motifs is 1. The monoisotopic (exact) mass is 457 g/mol. The molecule has 33 heavy (non-hydrogen) atoms.